The van der Waals surface area contributed by atoms with Crippen LogP contribution in [0, 0.1) is 0 Å². The minimum Gasteiger partial charge on any atom is -0.465 e. The zero-order chi connectivity index (χ0) is 13.8. The number of hydrogen-bond donors (Lipinski definition) is 1. The maximum Gasteiger partial charge on any atom is 0.325 e. The van der Waals surface area contributed by atoms with Gasteiger partial charge in [0.05, 0.1) is 6.61 Å². The highest BCUT2D eigenvalue weighted by molar-refractivity contribution is 6.29. The second-order valence-corrected chi connectivity index (χ2v) is 5.20. The Kier molecular flexibility index (Phi) is 4.90. The van der Waals surface area contributed by atoms with Crippen LogP contribution in [0.4, 0.5) is 5.82 Å². The van der Waals surface area contributed by atoms with Crippen molar-refractivity contribution < 1.29 is 9.53 Å². The molecular formula is C12H18ClN3O2. The van der Waals surface area contributed by atoms with Gasteiger partial charge in [-0.05, 0) is 6.92 Å². The van der Waals surface area contributed by atoms with E-state index in [0.717, 1.165) is 0 Å². The third-order valence-corrected chi connectivity index (χ3v) is 2.28. The van der Waals surface area contributed by atoms with Crippen LogP contribution in [0.15, 0.2) is 6.07 Å². The molecule has 6 heteroatoms. The highest BCUT2D eigenvalue weighted by atomic mass is 35.5. The Hall–Kier alpha value is -1.36. The standard InChI is InChI=1S/C12H18ClN3O2/c1-5-18-10(17)7-14-9-6-8(13)15-11(16-9)12(2,3)4/h6H,5,7H2,1-4H3,(H,14,15,16). The predicted molar refractivity (Wildman–Crippen MR) is 70.9 cm³/mol. The van der Waals surface area contributed by atoms with Crippen LogP contribution in [0.2, 0.25) is 5.15 Å². The third kappa shape index (κ3) is 4.49. The first kappa shape index (κ1) is 14.7. The monoisotopic (exact) mass is 271 g/mol. The van der Waals surface area contributed by atoms with E-state index in [1.807, 2.05) is 20.8 Å². The number of halogens is 1. The second-order valence-electron chi connectivity index (χ2n) is 4.81. The summed E-state index contributed by atoms with van der Waals surface area (Å²) in [5.74, 6) is 0.818. The zero-order valence-electron chi connectivity index (χ0n) is 11.1. The molecule has 0 aliphatic carbocycles. The second kappa shape index (κ2) is 6.00. The van der Waals surface area contributed by atoms with Crippen LogP contribution < -0.4 is 5.32 Å². The molecule has 100 valence electrons. The van der Waals surface area contributed by atoms with Crippen molar-refractivity contribution in [2.45, 2.75) is 33.1 Å². The summed E-state index contributed by atoms with van der Waals surface area (Å²) >= 11 is 5.93. The molecule has 1 rings (SSSR count). The molecular weight excluding hydrogens is 254 g/mol. The number of hydrogen-bond acceptors (Lipinski definition) is 5. The van der Waals surface area contributed by atoms with E-state index in [4.69, 9.17) is 16.3 Å². The normalized spacial score (nSPS) is 11.2. The lowest BCUT2D eigenvalue weighted by molar-refractivity contribution is -0.140. The number of nitrogens with zero attached hydrogens (tertiary/aromatic N) is 2. The molecule has 0 aliphatic heterocycles. The van der Waals surface area contributed by atoms with E-state index < -0.39 is 0 Å². The fourth-order valence-electron chi connectivity index (χ4n) is 1.22. The molecule has 0 atom stereocenters. The summed E-state index contributed by atoms with van der Waals surface area (Å²) in [4.78, 5) is 19.7. The average Bonchev–Trinajstić information content (AvgIpc) is 2.25. The van der Waals surface area contributed by atoms with Gasteiger partial charge >= 0.3 is 5.97 Å². The van der Waals surface area contributed by atoms with E-state index in [1.54, 1.807) is 13.0 Å². The molecule has 0 amide bonds. The van der Waals surface area contributed by atoms with Gasteiger partial charge in [-0.15, -0.1) is 0 Å². The van der Waals surface area contributed by atoms with Gasteiger partial charge in [0, 0.05) is 11.5 Å². The van der Waals surface area contributed by atoms with Gasteiger partial charge in [0.25, 0.3) is 0 Å². The summed E-state index contributed by atoms with van der Waals surface area (Å²) in [5.41, 5.74) is -0.203. The maximum atomic E-state index is 11.2. The Morgan fingerprint density at radius 1 is 1.44 bits per heavy atom. The SMILES string of the molecule is CCOC(=O)CNc1cc(Cl)nc(C(C)(C)C)n1. The molecule has 18 heavy (non-hydrogen) atoms. The smallest absolute Gasteiger partial charge is 0.325 e. The minimum absolute atomic E-state index is 0.0603. The highest BCUT2D eigenvalue weighted by Gasteiger charge is 2.19. The van der Waals surface area contributed by atoms with Gasteiger partial charge in [0.2, 0.25) is 0 Å². The van der Waals surface area contributed by atoms with Gasteiger partial charge in [0.15, 0.2) is 0 Å². The van der Waals surface area contributed by atoms with Crippen molar-refractivity contribution >= 4 is 23.4 Å². The number of rotatable bonds is 4. The predicted octanol–water partition coefficient (Wildman–Crippen LogP) is 2.40. The first-order valence-electron chi connectivity index (χ1n) is 5.77. The molecule has 0 saturated carbocycles. The molecule has 0 aliphatic rings. The van der Waals surface area contributed by atoms with Crippen molar-refractivity contribution in [3.63, 3.8) is 0 Å². The van der Waals surface area contributed by atoms with Gasteiger partial charge in [-0.25, -0.2) is 9.97 Å². The third-order valence-electron chi connectivity index (χ3n) is 2.08. The van der Waals surface area contributed by atoms with E-state index in [9.17, 15) is 4.79 Å². The first-order chi connectivity index (χ1) is 8.32. The van der Waals surface area contributed by atoms with Crippen LogP contribution in [-0.2, 0) is 14.9 Å². The fraction of sp³-hybridized carbons (Fsp3) is 0.583. The molecule has 0 radical (unpaired) electrons. The summed E-state index contributed by atoms with van der Waals surface area (Å²) in [6.45, 7) is 8.16. The summed E-state index contributed by atoms with van der Waals surface area (Å²) in [7, 11) is 0. The molecule has 0 unspecified atom stereocenters. The van der Waals surface area contributed by atoms with E-state index in [1.165, 1.54) is 0 Å². The summed E-state index contributed by atoms with van der Waals surface area (Å²) in [6, 6.07) is 1.58. The lowest BCUT2D eigenvalue weighted by Gasteiger charge is -2.17. The largest absolute Gasteiger partial charge is 0.465 e. The lowest BCUT2D eigenvalue weighted by Crippen LogP contribution is -2.20. The van der Waals surface area contributed by atoms with Crippen LogP contribution >= 0.6 is 11.6 Å². The Morgan fingerprint density at radius 2 is 2.11 bits per heavy atom. The van der Waals surface area contributed by atoms with E-state index in [-0.39, 0.29) is 17.9 Å². The number of nitrogens with one attached hydrogen (secondary N) is 1. The Bertz CT molecular complexity index is 430. The number of esters is 1. The van der Waals surface area contributed by atoms with E-state index >= 15 is 0 Å². The molecule has 0 aromatic carbocycles. The molecule has 0 fully saturated rings. The van der Waals surface area contributed by atoms with Crippen molar-refractivity contribution in [3.05, 3.63) is 17.0 Å². The van der Waals surface area contributed by atoms with Gasteiger partial charge in [-0.3, -0.25) is 4.79 Å². The van der Waals surface area contributed by atoms with Gasteiger partial charge in [0.1, 0.15) is 23.3 Å². The highest BCUT2D eigenvalue weighted by Crippen LogP contribution is 2.22. The summed E-state index contributed by atoms with van der Waals surface area (Å²) < 4.78 is 4.81. The average molecular weight is 272 g/mol. The van der Waals surface area contributed by atoms with Crippen LogP contribution in [0.3, 0.4) is 0 Å². The van der Waals surface area contributed by atoms with Gasteiger partial charge in [-0.1, -0.05) is 32.4 Å². The van der Waals surface area contributed by atoms with Gasteiger partial charge in [-0.2, -0.15) is 0 Å². The molecule has 0 bridgehead atoms. The molecule has 1 N–H and O–H groups in total. The van der Waals surface area contributed by atoms with Crippen LogP contribution in [-0.4, -0.2) is 29.1 Å². The molecule has 1 heterocycles. The number of carbonyl (C=O) groups excluding carboxylic acids is 1. The molecule has 1 aromatic heterocycles. The topological polar surface area (TPSA) is 64.1 Å². The van der Waals surface area contributed by atoms with E-state index in [2.05, 4.69) is 15.3 Å². The first-order valence-corrected chi connectivity index (χ1v) is 6.15. The molecule has 1 aromatic rings. The van der Waals surface area contributed by atoms with Crippen molar-refractivity contribution in [3.8, 4) is 0 Å². The summed E-state index contributed by atoms with van der Waals surface area (Å²) in [5, 5.41) is 3.22. The summed E-state index contributed by atoms with van der Waals surface area (Å²) in [6.07, 6.45) is 0. The minimum atomic E-state index is -0.329. The molecule has 0 spiro atoms. The van der Waals surface area contributed by atoms with Crippen molar-refractivity contribution in [2.75, 3.05) is 18.5 Å². The van der Waals surface area contributed by atoms with E-state index in [0.29, 0.717) is 23.4 Å². The van der Waals surface area contributed by atoms with Gasteiger partial charge < -0.3 is 10.1 Å². The van der Waals surface area contributed by atoms with Crippen LogP contribution in [0.5, 0.6) is 0 Å². The lowest BCUT2D eigenvalue weighted by atomic mass is 9.96. The quantitative estimate of drug-likeness (QED) is 0.673. The Morgan fingerprint density at radius 3 is 2.67 bits per heavy atom. The van der Waals surface area contributed by atoms with Crippen molar-refractivity contribution in [1.82, 2.24) is 9.97 Å². The number of aromatic nitrogens is 2. The van der Waals surface area contributed by atoms with Crippen LogP contribution in [0.1, 0.15) is 33.5 Å². The Labute approximate surface area is 112 Å². The van der Waals surface area contributed by atoms with Crippen LogP contribution in [0.25, 0.3) is 0 Å². The van der Waals surface area contributed by atoms with Crippen molar-refractivity contribution in [1.29, 1.82) is 0 Å². The molecule has 5 nitrogen and oxygen atoms in total. The number of ether oxygens (including phenoxy) is 1. The number of carbonyl (C=O) groups is 1. The van der Waals surface area contributed by atoms with Crippen molar-refractivity contribution in [2.24, 2.45) is 0 Å². The Balaban J connectivity index is 2.78. The maximum absolute atomic E-state index is 11.2. The fourth-order valence-corrected chi connectivity index (χ4v) is 1.40. The molecule has 0 saturated heterocycles. The zero-order valence-corrected chi connectivity index (χ0v) is 11.8. The number of anilines is 1.